The molecule has 1 aromatic heterocycles. The van der Waals surface area contributed by atoms with Crippen LogP contribution >= 0.6 is 11.6 Å². The van der Waals surface area contributed by atoms with E-state index in [0.717, 1.165) is 0 Å². The summed E-state index contributed by atoms with van der Waals surface area (Å²) in [5, 5.41) is 7.54. The average molecular weight is 482 g/mol. The monoisotopic (exact) mass is 481 g/mol. The Morgan fingerprint density at radius 2 is 1.74 bits per heavy atom. The first-order valence-corrected chi connectivity index (χ1v) is 10.9. The van der Waals surface area contributed by atoms with Crippen molar-refractivity contribution in [2.45, 2.75) is 20.3 Å². The summed E-state index contributed by atoms with van der Waals surface area (Å²) in [6, 6.07) is 14.4. The van der Waals surface area contributed by atoms with Crippen LogP contribution in [0.2, 0.25) is 5.02 Å². The van der Waals surface area contributed by atoms with E-state index in [2.05, 4.69) is 10.4 Å². The van der Waals surface area contributed by atoms with Gasteiger partial charge in [-0.05, 0) is 62.4 Å². The van der Waals surface area contributed by atoms with Gasteiger partial charge in [-0.15, -0.1) is 0 Å². The SMILES string of the molecule is CCN(CCC(=O)Nc1ccc(C(N)=O)cc1)C(=O)c1nn(-c2ccc(Cl)cc2)c(C)cc1=O. The second-order valence-electron chi connectivity index (χ2n) is 7.51. The van der Waals surface area contributed by atoms with E-state index in [0.29, 0.717) is 27.7 Å². The molecule has 0 aliphatic carbocycles. The van der Waals surface area contributed by atoms with Gasteiger partial charge in [-0.2, -0.15) is 5.10 Å². The molecule has 0 saturated carbocycles. The molecule has 0 atom stereocenters. The van der Waals surface area contributed by atoms with Crippen LogP contribution in [0.1, 0.15) is 39.9 Å². The van der Waals surface area contributed by atoms with Crippen molar-refractivity contribution in [3.8, 4) is 5.69 Å². The van der Waals surface area contributed by atoms with Crippen LogP contribution in [-0.2, 0) is 4.79 Å². The zero-order valence-electron chi connectivity index (χ0n) is 18.7. The number of hydrogen-bond donors (Lipinski definition) is 2. The second-order valence-corrected chi connectivity index (χ2v) is 7.95. The Morgan fingerprint density at radius 1 is 1.09 bits per heavy atom. The minimum Gasteiger partial charge on any atom is -0.366 e. The Kier molecular flexibility index (Phi) is 7.80. The molecule has 1 heterocycles. The van der Waals surface area contributed by atoms with Gasteiger partial charge in [-0.1, -0.05) is 11.6 Å². The number of nitrogens with two attached hydrogens (primary N) is 1. The lowest BCUT2D eigenvalue weighted by Crippen LogP contribution is -2.38. The highest BCUT2D eigenvalue weighted by molar-refractivity contribution is 6.30. The highest BCUT2D eigenvalue weighted by atomic mass is 35.5. The van der Waals surface area contributed by atoms with E-state index in [-0.39, 0.29) is 31.1 Å². The third-order valence-corrected chi connectivity index (χ3v) is 5.36. The summed E-state index contributed by atoms with van der Waals surface area (Å²) in [6.45, 7) is 3.85. The topological polar surface area (TPSA) is 127 Å². The van der Waals surface area contributed by atoms with Gasteiger partial charge in [0.05, 0.1) is 5.69 Å². The number of rotatable bonds is 8. The number of carbonyl (C=O) groups excluding carboxylic acids is 3. The molecule has 34 heavy (non-hydrogen) atoms. The van der Waals surface area contributed by atoms with Gasteiger partial charge in [0.25, 0.3) is 5.91 Å². The van der Waals surface area contributed by atoms with Gasteiger partial charge in [0.15, 0.2) is 5.69 Å². The Morgan fingerprint density at radius 3 is 2.32 bits per heavy atom. The Balaban J connectivity index is 1.71. The summed E-state index contributed by atoms with van der Waals surface area (Å²) >= 11 is 5.95. The van der Waals surface area contributed by atoms with Crippen LogP contribution in [0.3, 0.4) is 0 Å². The fourth-order valence-corrected chi connectivity index (χ4v) is 3.40. The third-order valence-electron chi connectivity index (χ3n) is 5.11. The van der Waals surface area contributed by atoms with Crippen LogP contribution in [0.15, 0.2) is 59.4 Å². The predicted molar refractivity (Wildman–Crippen MR) is 129 cm³/mol. The van der Waals surface area contributed by atoms with Crippen molar-refractivity contribution in [1.82, 2.24) is 14.7 Å². The van der Waals surface area contributed by atoms with Crippen molar-refractivity contribution < 1.29 is 14.4 Å². The van der Waals surface area contributed by atoms with Crippen LogP contribution in [0.25, 0.3) is 5.69 Å². The molecule has 3 amide bonds. The first-order chi connectivity index (χ1) is 16.2. The van der Waals surface area contributed by atoms with Gasteiger partial charge in [0.2, 0.25) is 17.2 Å². The average Bonchev–Trinajstić information content (AvgIpc) is 2.80. The van der Waals surface area contributed by atoms with E-state index in [1.54, 1.807) is 50.2 Å². The first-order valence-electron chi connectivity index (χ1n) is 10.6. The van der Waals surface area contributed by atoms with Crippen molar-refractivity contribution in [2.75, 3.05) is 18.4 Å². The zero-order chi connectivity index (χ0) is 24.8. The quantitative estimate of drug-likeness (QED) is 0.511. The molecule has 3 aromatic rings. The summed E-state index contributed by atoms with van der Waals surface area (Å²) in [5.41, 5.74) is 6.52. The van der Waals surface area contributed by atoms with Gasteiger partial charge >= 0.3 is 0 Å². The smallest absolute Gasteiger partial charge is 0.278 e. The lowest BCUT2D eigenvalue weighted by Gasteiger charge is -2.20. The molecule has 0 saturated heterocycles. The fraction of sp³-hybridized carbons (Fsp3) is 0.208. The minimum atomic E-state index is -0.561. The Bertz CT molecular complexity index is 1270. The number of nitrogens with one attached hydrogen (secondary N) is 1. The molecule has 0 spiro atoms. The predicted octanol–water partition coefficient (Wildman–Crippen LogP) is 2.78. The lowest BCUT2D eigenvalue weighted by molar-refractivity contribution is -0.116. The van der Waals surface area contributed by atoms with Gasteiger partial charge in [0.1, 0.15) is 0 Å². The van der Waals surface area contributed by atoms with E-state index >= 15 is 0 Å². The molecule has 3 rings (SSSR count). The summed E-state index contributed by atoms with van der Waals surface area (Å²) < 4.78 is 1.50. The van der Waals surface area contributed by atoms with Gasteiger partial charge < -0.3 is 16.0 Å². The maximum atomic E-state index is 13.1. The number of nitrogens with zero attached hydrogens (tertiary/aromatic N) is 3. The molecular weight excluding hydrogens is 458 g/mol. The molecule has 10 heteroatoms. The Hall–Kier alpha value is -3.98. The highest BCUT2D eigenvalue weighted by Gasteiger charge is 2.21. The molecule has 2 aromatic carbocycles. The normalized spacial score (nSPS) is 10.6. The van der Waals surface area contributed by atoms with Crippen LogP contribution < -0.4 is 16.5 Å². The number of aromatic nitrogens is 2. The highest BCUT2D eigenvalue weighted by Crippen LogP contribution is 2.14. The minimum absolute atomic E-state index is 0.00832. The maximum absolute atomic E-state index is 13.1. The largest absolute Gasteiger partial charge is 0.366 e. The van der Waals surface area contributed by atoms with Gasteiger partial charge in [0, 0.05) is 47.5 Å². The van der Waals surface area contributed by atoms with Crippen LogP contribution in [0, 0.1) is 6.92 Å². The van der Waals surface area contributed by atoms with E-state index < -0.39 is 17.2 Å². The number of primary amides is 1. The Labute approximate surface area is 201 Å². The van der Waals surface area contributed by atoms with E-state index in [1.807, 2.05) is 0 Å². The van der Waals surface area contributed by atoms with Crippen LogP contribution in [-0.4, -0.2) is 45.5 Å². The zero-order valence-corrected chi connectivity index (χ0v) is 19.5. The molecule has 0 unspecified atom stereocenters. The summed E-state index contributed by atoms with van der Waals surface area (Å²) in [7, 11) is 0. The molecular formula is C24H24ClN5O4. The van der Waals surface area contributed by atoms with Crippen molar-refractivity contribution in [3.05, 3.63) is 86.8 Å². The number of halogens is 1. The molecule has 3 N–H and O–H groups in total. The number of hydrogen-bond acceptors (Lipinski definition) is 5. The third kappa shape index (κ3) is 5.87. The standard InChI is InChI=1S/C24H24ClN5O4/c1-3-29(13-12-21(32)27-18-8-4-16(5-9-18)23(26)33)24(34)22-20(31)14-15(2)30(28-22)19-10-6-17(25)7-11-19/h4-11,14H,3,12-13H2,1-2H3,(H2,26,33)(H,27,32). The molecule has 0 aliphatic heterocycles. The lowest BCUT2D eigenvalue weighted by atomic mass is 10.2. The summed E-state index contributed by atoms with van der Waals surface area (Å²) in [4.78, 5) is 50.5. The first kappa shape index (κ1) is 24.7. The molecule has 176 valence electrons. The van der Waals surface area contributed by atoms with Gasteiger partial charge in [-0.3, -0.25) is 19.2 Å². The van der Waals surface area contributed by atoms with Gasteiger partial charge in [-0.25, -0.2) is 4.68 Å². The number of carbonyl (C=O) groups is 3. The summed E-state index contributed by atoms with van der Waals surface area (Å²) in [6.07, 6.45) is 0.00832. The number of amides is 3. The van der Waals surface area contributed by atoms with E-state index in [9.17, 15) is 19.2 Å². The molecule has 0 fully saturated rings. The van der Waals surface area contributed by atoms with Crippen molar-refractivity contribution in [3.63, 3.8) is 0 Å². The molecule has 0 radical (unpaired) electrons. The van der Waals surface area contributed by atoms with Crippen molar-refractivity contribution >= 4 is 35.0 Å². The maximum Gasteiger partial charge on any atom is 0.278 e. The molecule has 9 nitrogen and oxygen atoms in total. The fourth-order valence-electron chi connectivity index (χ4n) is 3.27. The molecule has 0 bridgehead atoms. The van der Waals surface area contributed by atoms with E-state index in [1.165, 1.54) is 27.8 Å². The van der Waals surface area contributed by atoms with Crippen molar-refractivity contribution in [1.29, 1.82) is 0 Å². The van der Waals surface area contributed by atoms with Crippen molar-refractivity contribution in [2.24, 2.45) is 5.73 Å². The number of aryl methyl sites for hydroxylation is 1. The van der Waals surface area contributed by atoms with E-state index in [4.69, 9.17) is 17.3 Å². The second kappa shape index (κ2) is 10.8. The number of benzene rings is 2. The van der Waals surface area contributed by atoms with Crippen LogP contribution in [0.4, 0.5) is 5.69 Å². The van der Waals surface area contributed by atoms with Crippen LogP contribution in [0.5, 0.6) is 0 Å². The summed E-state index contributed by atoms with van der Waals surface area (Å²) in [5.74, 6) is -1.45. The number of anilines is 1. The molecule has 0 aliphatic rings.